The third-order valence-electron chi connectivity index (χ3n) is 4.55. The molecule has 2 aliphatic carbocycles. The molecule has 3 nitrogen and oxygen atoms in total. The Kier molecular flexibility index (Phi) is 3.95. The summed E-state index contributed by atoms with van der Waals surface area (Å²) in [6, 6.07) is 8.45. The van der Waals surface area contributed by atoms with E-state index in [-0.39, 0.29) is 11.8 Å². The second kappa shape index (κ2) is 5.86. The molecule has 2 saturated carbocycles. The molecule has 0 radical (unpaired) electrons. The van der Waals surface area contributed by atoms with Crippen molar-refractivity contribution < 1.29 is 9.53 Å². The largest absolute Gasteiger partial charge is 0.497 e. The average molecular weight is 273 g/mol. The third kappa shape index (κ3) is 2.97. The summed E-state index contributed by atoms with van der Waals surface area (Å²) in [5, 5.41) is 3.19. The molecule has 2 aliphatic rings. The van der Waals surface area contributed by atoms with E-state index in [2.05, 4.69) is 5.32 Å². The van der Waals surface area contributed by atoms with Crippen LogP contribution in [0.15, 0.2) is 24.3 Å². The molecule has 3 heteroatoms. The molecule has 0 heterocycles. The maximum absolute atomic E-state index is 12.6. The van der Waals surface area contributed by atoms with E-state index in [9.17, 15) is 4.79 Å². The minimum Gasteiger partial charge on any atom is -0.497 e. The second-order valence-electron chi connectivity index (χ2n) is 6.08. The maximum Gasteiger partial charge on any atom is 0.228 e. The van der Waals surface area contributed by atoms with Crippen molar-refractivity contribution in [1.82, 2.24) is 5.32 Å². The molecule has 0 aromatic heterocycles. The van der Waals surface area contributed by atoms with Crippen molar-refractivity contribution in [2.24, 2.45) is 5.92 Å². The monoisotopic (exact) mass is 273 g/mol. The Balaban J connectivity index is 1.80. The van der Waals surface area contributed by atoms with E-state index >= 15 is 0 Å². The van der Waals surface area contributed by atoms with Crippen molar-refractivity contribution in [2.45, 2.75) is 50.5 Å². The summed E-state index contributed by atoms with van der Waals surface area (Å²) in [4.78, 5) is 12.6. The number of methoxy groups -OCH3 is 1. The minimum atomic E-state index is 0.0176. The fourth-order valence-corrected chi connectivity index (χ4v) is 3.26. The fraction of sp³-hybridized carbons (Fsp3) is 0.588. The highest BCUT2D eigenvalue weighted by atomic mass is 16.5. The number of hydrogen-bond acceptors (Lipinski definition) is 2. The number of nitrogens with one attached hydrogen (secondary N) is 1. The zero-order valence-corrected chi connectivity index (χ0v) is 12.1. The highest BCUT2D eigenvalue weighted by Gasteiger charge is 2.34. The molecule has 1 amide bonds. The van der Waals surface area contributed by atoms with Gasteiger partial charge >= 0.3 is 0 Å². The first kappa shape index (κ1) is 13.5. The van der Waals surface area contributed by atoms with Gasteiger partial charge in [-0.25, -0.2) is 0 Å². The van der Waals surface area contributed by atoms with E-state index in [1.165, 1.54) is 25.7 Å². The molecule has 0 aliphatic heterocycles. The van der Waals surface area contributed by atoms with Crippen LogP contribution in [-0.4, -0.2) is 19.1 Å². The van der Waals surface area contributed by atoms with Crippen molar-refractivity contribution in [2.75, 3.05) is 7.11 Å². The predicted molar refractivity (Wildman–Crippen MR) is 78.9 cm³/mol. The van der Waals surface area contributed by atoms with Gasteiger partial charge in [0.2, 0.25) is 5.91 Å². The standard InChI is InChI=1S/C17H23NO2/c1-20-15-10-6-13(7-11-15)16(12-4-2-3-5-12)17(19)18-14-8-9-14/h6-7,10-12,14,16H,2-5,8-9H2,1H3,(H,18,19). The first-order valence-electron chi connectivity index (χ1n) is 7.72. The summed E-state index contributed by atoms with van der Waals surface area (Å²) in [5.41, 5.74) is 1.14. The van der Waals surface area contributed by atoms with Gasteiger partial charge in [-0.05, 0) is 49.3 Å². The van der Waals surface area contributed by atoms with Crippen LogP contribution in [0.4, 0.5) is 0 Å². The molecule has 0 bridgehead atoms. The summed E-state index contributed by atoms with van der Waals surface area (Å²) in [7, 11) is 1.67. The van der Waals surface area contributed by atoms with Crippen LogP contribution in [-0.2, 0) is 4.79 Å². The topological polar surface area (TPSA) is 38.3 Å². The molecule has 108 valence electrons. The molecular formula is C17H23NO2. The summed E-state index contributed by atoms with van der Waals surface area (Å²) in [6.07, 6.45) is 7.16. The Labute approximate surface area is 120 Å². The first-order valence-corrected chi connectivity index (χ1v) is 7.72. The van der Waals surface area contributed by atoms with Crippen molar-refractivity contribution in [3.8, 4) is 5.75 Å². The van der Waals surface area contributed by atoms with E-state index in [0.717, 1.165) is 24.2 Å². The Hall–Kier alpha value is -1.51. The van der Waals surface area contributed by atoms with Crippen LogP contribution in [0.1, 0.15) is 50.0 Å². The van der Waals surface area contributed by atoms with Crippen molar-refractivity contribution in [3.05, 3.63) is 29.8 Å². The number of ether oxygens (including phenoxy) is 1. The van der Waals surface area contributed by atoms with Gasteiger partial charge in [-0.3, -0.25) is 4.79 Å². The quantitative estimate of drug-likeness (QED) is 0.894. The summed E-state index contributed by atoms with van der Waals surface area (Å²) >= 11 is 0. The van der Waals surface area contributed by atoms with Crippen LogP contribution in [0.25, 0.3) is 0 Å². The van der Waals surface area contributed by atoms with E-state index in [1.54, 1.807) is 7.11 Å². The van der Waals surface area contributed by atoms with Crippen LogP contribution < -0.4 is 10.1 Å². The highest BCUT2D eigenvalue weighted by Crippen LogP contribution is 2.38. The summed E-state index contributed by atoms with van der Waals surface area (Å²) in [5.74, 6) is 1.59. The fourth-order valence-electron chi connectivity index (χ4n) is 3.26. The third-order valence-corrected chi connectivity index (χ3v) is 4.55. The Morgan fingerprint density at radius 3 is 2.35 bits per heavy atom. The zero-order chi connectivity index (χ0) is 13.9. The number of carbonyl (C=O) groups is 1. The van der Waals surface area contributed by atoms with E-state index in [0.29, 0.717) is 12.0 Å². The first-order chi connectivity index (χ1) is 9.78. The molecule has 0 saturated heterocycles. The van der Waals surface area contributed by atoms with Crippen molar-refractivity contribution >= 4 is 5.91 Å². The van der Waals surface area contributed by atoms with Gasteiger partial charge in [-0.15, -0.1) is 0 Å². The predicted octanol–water partition coefficient (Wildman–Crippen LogP) is 3.25. The van der Waals surface area contributed by atoms with Gasteiger partial charge in [0.1, 0.15) is 5.75 Å². The van der Waals surface area contributed by atoms with Gasteiger partial charge in [0.05, 0.1) is 13.0 Å². The zero-order valence-electron chi connectivity index (χ0n) is 12.1. The molecule has 1 aromatic carbocycles. The molecule has 2 fully saturated rings. The lowest BCUT2D eigenvalue weighted by Crippen LogP contribution is -2.34. The number of rotatable bonds is 5. The normalized spacial score (nSPS) is 20.6. The maximum atomic E-state index is 12.6. The smallest absolute Gasteiger partial charge is 0.228 e. The molecule has 0 spiro atoms. The lowest BCUT2D eigenvalue weighted by Gasteiger charge is -2.23. The number of hydrogen-bond donors (Lipinski definition) is 1. The summed E-state index contributed by atoms with van der Waals surface area (Å²) < 4.78 is 5.21. The van der Waals surface area contributed by atoms with Gasteiger partial charge in [0.15, 0.2) is 0 Å². The van der Waals surface area contributed by atoms with Crippen molar-refractivity contribution in [1.29, 1.82) is 0 Å². The van der Waals surface area contributed by atoms with Crippen molar-refractivity contribution in [3.63, 3.8) is 0 Å². The molecule has 1 aromatic rings. The van der Waals surface area contributed by atoms with Gasteiger partial charge < -0.3 is 10.1 Å². The highest BCUT2D eigenvalue weighted by molar-refractivity contribution is 5.84. The SMILES string of the molecule is COc1ccc(C(C(=O)NC2CC2)C2CCCC2)cc1. The lowest BCUT2D eigenvalue weighted by molar-refractivity contribution is -0.123. The summed E-state index contributed by atoms with van der Waals surface area (Å²) in [6.45, 7) is 0. The van der Waals surface area contributed by atoms with Crippen LogP contribution >= 0.6 is 0 Å². The number of benzene rings is 1. The Bertz CT molecular complexity index is 458. The average Bonchev–Trinajstić information content (AvgIpc) is 3.12. The van der Waals surface area contributed by atoms with Gasteiger partial charge in [-0.1, -0.05) is 25.0 Å². The lowest BCUT2D eigenvalue weighted by atomic mass is 9.84. The number of carbonyl (C=O) groups excluding carboxylic acids is 1. The number of amides is 1. The molecule has 1 atom stereocenters. The second-order valence-corrected chi connectivity index (χ2v) is 6.08. The molecular weight excluding hydrogens is 250 g/mol. The Morgan fingerprint density at radius 2 is 1.80 bits per heavy atom. The van der Waals surface area contributed by atoms with Crippen LogP contribution in [0.3, 0.4) is 0 Å². The van der Waals surface area contributed by atoms with E-state index in [4.69, 9.17) is 4.74 Å². The van der Waals surface area contributed by atoms with Gasteiger partial charge in [0.25, 0.3) is 0 Å². The molecule has 1 unspecified atom stereocenters. The van der Waals surface area contributed by atoms with E-state index < -0.39 is 0 Å². The van der Waals surface area contributed by atoms with Crippen LogP contribution in [0.5, 0.6) is 5.75 Å². The van der Waals surface area contributed by atoms with Gasteiger partial charge in [0, 0.05) is 6.04 Å². The minimum absolute atomic E-state index is 0.0176. The molecule has 20 heavy (non-hydrogen) atoms. The van der Waals surface area contributed by atoms with E-state index in [1.807, 2.05) is 24.3 Å². The Morgan fingerprint density at radius 1 is 1.15 bits per heavy atom. The van der Waals surface area contributed by atoms with Crippen LogP contribution in [0, 0.1) is 5.92 Å². The molecule has 3 rings (SSSR count). The van der Waals surface area contributed by atoms with Crippen LogP contribution in [0.2, 0.25) is 0 Å². The molecule has 1 N–H and O–H groups in total. The van der Waals surface area contributed by atoms with Gasteiger partial charge in [-0.2, -0.15) is 0 Å².